The Morgan fingerprint density at radius 2 is 1.00 bits per heavy atom. The Bertz CT molecular complexity index is 4200. The Morgan fingerprint density at radius 3 is 1.44 bits per heavy atom. The molecule has 4 heterocycles. The smallest absolute Gasteiger partial charge is 0.333 e. The first-order valence-electron chi connectivity index (χ1n) is 32.8. The molecule has 4 aromatic rings. The van der Waals surface area contributed by atoms with Crippen LogP contribution in [0.4, 0.5) is 0 Å². The fourth-order valence-corrected chi connectivity index (χ4v) is 17.5. The number of methoxy groups -OCH3 is 2. The van der Waals surface area contributed by atoms with Crippen molar-refractivity contribution in [1.82, 2.24) is 9.80 Å². The van der Waals surface area contributed by atoms with E-state index in [2.05, 4.69) is 9.90 Å². The fraction of sp³-hybridized carbons (Fsp3) is 0.603. The zero-order valence-corrected chi connectivity index (χ0v) is 56.0. The van der Waals surface area contributed by atoms with Crippen molar-refractivity contribution >= 4 is 50.3 Å². The minimum atomic E-state index is -2.65. The Hall–Kier alpha value is -7.04. The van der Waals surface area contributed by atoms with Crippen molar-refractivity contribution in [2.24, 2.45) is 11.8 Å². The molecule has 0 bridgehead atoms. The molecule has 4 fully saturated rings. The van der Waals surface area contributed by atoms with Gasteiger partial charge < -0.3 is 114 Å². The van der Waals surface area contributed by atoms with Gasteiger partial charge in [0.15, 0.2) is 65.2 Å². The van der Waals surface area contributed by atoms with Crippen LogP contribution in [0.25, 0.3) is 38.2 Å². The number of allylic oxidation sites excluding steroid dienone is 3. The molecule has 30 nitrogen and oxygen atoms in total. The summed E-state index contributed by atoms with van der Waals surface area (Å²) < 4.78 is 67.7. The van der Waals surface area contributed by atoms with E-state index >= 15 is 9.59 Å². The topological polar surface area (TPSA) is 436 Å². The molecular weight excluding hydrogens is 1280 g/mol. The third kappa shape index (κ3) is 10.6. The summed E-state index contributed by atoms with van der Waals surface area (Å²) >= 11 is 0. The number of aromatic hydroxyl groups is 4. The Kier molecular flexibility index (Phi) is 18.9. The number of nitrogens with zero attached hydrogens (tertiary/aromatic N) is 5. The van der Waals surface area contributed by atoms with Gasteiger partial charge >= 0.3 is 5.36 Å². The van der Waals surface area contributed by atoms with Gasteiger partial charge in [0.05, 0.1) is 106 Å². The molecule has 4 saturated heterocycles. The van der Waals surface area contributed by atoms with Crippen molar-refractivity contribution in [2.45, 2.75) is 208 Å². The van der Waals surface area contributed by atoms with Crippen LogP contribution in [0, 0.1) is 11.8 Å². The molecule has 0 aromatic heterocycles. The minimum Gasteiger partial charge on any atom is -0.508 e. The fourth-order valence-electron chi connectivity index (χ4n) is 17.5. The lowest BCUT2D eigenvalue weighted by Crippen LogP contribution is -2.72. The molecule has 0 amide bonds. The number of benzene rings is 3. The van der Waals surface area contributed by atoms with Gasteiger partial charge in [-0.15, -0.1) is 0 Å². The lowest BCUT2D eigenvalue weighted by atomic mass is 9.54. The van der Waals surface area contributed by atoms with Gasteiger partial charge in [-0.3, -0.25) is 28.8 Å². The van der Waals surface area contributed by atoms with Crippen LogP contribution < -0.4 is 21.3 Å². The predicted molar refractivity (Wildman–Crippen MR) is 338 cm³/mol. The molecule has 4 aromatic carbocycles. The normalized spacial score (nSPS) is 37.2. The van der Waals surface area contributed by atoms with Gasteiger partial charge in [-0.1, -0.05) is 13.8 Å². The quantitative estimate of drug-likeness (QED) is 0.0424. The molecule has 4 aliphatic heterocycles. The second kappa shape index (κ2) is 26.2. The summed E-state index contributed by atoms with van der Waals surface area (Å²) in [5.41, 5.74) is 11.2. The minimum absolute atomic E-state index is 0.336. The second-order valence-corrected chi connectivity index (χ2v) is 27.4. The molecule has 1 unspecified atom stereocenters. The molecule has 528 valence electrons. The first-order valence-corrected chi connectivity index (χ1v) is 32.8. The monoisotopic (exact) mass is 1370 g/mol. The van der Waals surface area contributed by atoms with Crippen LogP contribution in [0.3, 0.4) is 0 Å². The largest absolute Gasteiger partial charge is 0.508 e. The number of carbonyl (C=O) groups excluding carboxylic acids is 4. The maximum atomic E-state index is 17.9. The number of fused-ring (bicyclic) bond motifs is 7. The van der Waals surface area contributed by atoms with Crippen LogP contribution in [0.15, 0.2) is 39.4 Å². The number of hydrogen-bond acceptors (Lipinski definition) is 26. The van der Waals surface area contributed by atoms with Crippen molar-refractivity contribution in [3.63, 3.8) is 0 Å². The highest BCUT2D eigenvalue weighted by Gasteiger charge is 2.72. The Balaban J connectivity index is 1.24. The van der Waals surface area contributed by atoms with Crippen molar-refractivity contribution < 1.29 is 117 Å². The molecule has 9 N–H and O–H groups in total. The first kappa shape index (κ1) is 70.8. The molecule has 0 radical (unpaired) electrons. The van der Waals surface area contributed by atoms with Crippen LogP contribution in [0.2, 0.25) is 0 Å². The number of phenolic OH excluding ortho intramolecular Hbond substituents is 4. The average Bonchev–Trinajstić information content (AvgIpc) is 1.42. The number of phenols is 4. The molecule has 4 aliphatic carbocycles. The van der Waals surface area contributed by atoms with Gasteiger partial charge in [0.2, 0.25) is 0 Å². The van der Waals surface area contributed by atoms with Crippen molar-refractivity contribution in [3.05, 3.63) is 100 Å². The van der Waals surface area contributed by atoms with Crippen molar-refractivity contribution in [3.8, 4) is 23.0 Å². The molecule has 0 saturated carbocycles. The van der Waals surface area contributed by atoms with E-state index in [1.165, 1.54) is 41.9 Å². The standard InChI is InChI=1S/C68H82N6O24/c1-13-67(97-37-21-33(89-11)57(81)25(5)93-37)51(63(87)45-43-47(61(85)41-29(77)17-15-27(75)39(41)59(43)83)53(71-69)49(45)65(67)95-35-19-31(79)55(73(7)8)23(3)91-35)52-64(88)46-44-48(62(86)42-30(78)18-16-28(76)40(42)60(44)84)54(72-70)50(46)66(96-36-20-32(80)56(74(9)10)24(4)92-36)68(52,14-2)98-38-22-34(90-12)58(82)26(6)94-38/h15-18,23-26,31-38,51-53,55-58,65-66,71,79-86H,13-14,19-22H2,1-12H3/t23-,24-,25-,26-,31-,32-,33-,34-,35+,36+,37-,38-,51-,52-,53?,55-,56-,57-,58-,65+,66+,67-,68-/m0/s1. The number of carbonyl (C=O) groups is 4. The summed E-state index contributed by atoms with van der Waals surface area (Å²) in [5, 5.41) is 96.9. The number of hydrogen-bond donors (Lipinski definition) is 9. The van der Waals surface area contributed by atoms with Crippen LogP contribution in [0.5, 0.6) is 23.0 Å². The number of nitrogens with one attached hydrogen (secondary N) is 1. The summed E-state index contributed by atoms with van der Waals surface area (Å²) in [5.74, 6) is -13.3. The third-order valence-corrected chi connectivity index (χ3v) is 21.8. The summed E-state index contributed by atoms with van der Waals surface area (Å²) in [7, 11) is 9.50. The number of Topliss-reactive ketones (excluding diaryl/α,β-unsaturated/α-hetero) is 2. The highest BCUT2D eigenvalue weighted by molar-refractivity contribution is 6.32. The Morgan fingerprint density at radius 1 is 0.561 bits per heavy atom. The number of ether oxygens (including phenoxy) is 10. The van der Waals surface area contributed by atoms with Crippen LogP contribution in [-0.4, -0.2) is 237 Å². The summed E-state index contributed by atoms with van der Waals surface area (Å²) in [6.07, 6.45) is -22.5. The molecule has 12 rings (SSSR count). The molecule has 98 heavy (non-hydrogen) atoms. The third-order valence-electron chi connectivity index (χ3n) is 21.8. The van der Waals surface area contributed by atoms with E-state index in [9.17, 15) is 71.1 Å². The first-order chi connectivity index (χ1) is 46.4. The number of aliphatic hydroxyl groups is 4. The lowest BCUT2D eigenvalue weighted by Gasteiger charge is -2.58. The maximum absolute atomic E-state index is 17.9. The average molecular weight is 1370 g/mol. The molecule has 30 heteroatoms. The SMILES string of the molecule is CC[C@@]1(O[C@H]2C[C@H](OC)[C@@H](O)[C@H](C)O2)[C@H](O[C@@H]2C[C@H](O)[C@@H](N(C)C)[C@H](C)O2)C2=C(C(=O)[C@@H]1[C@H]1C(=O)c3c(c(=[N+]=[N-])c4c(O)c5c(=O)ccc(=O)c5c(O)c34)[C@@H](O[C@@H]3C[C@H](O)[C@@H](N(C)C)[C@H](C)O3)[C@@]1(CC)O[C@H]1C[C@H](OC)[C@@H](O)[C@H](C)O1)c1c(O)c3c(c(O)c1C2[NH+]=[N-])C(=O)C=CC3=O. The lowest BCUT2D eigenvalue weighted by molar-refractivity contribution is -0.523. The highest BCUT2D eigenvalue weighted by atomic mass is 16.7. The van der Waals surface area contributed by atoms with Gasteiger partial charge in [0.25, 0.3) is 0 Å². The summed E-state index contributed by atoms with van der Waals surface area (Å²) in [6.45, 7) is 9.39. The molecule has 8 aliphatic rings. The van der Waals surface area contributed by atoms with Gasteiger partial charge in [-0.25, -0.2) is 0 Å². The molecular formula is C68H82N6O24. The maximum Gasteiger partial charge on any atom is 0.333 e. The zero-order chi connectivity index (χ0) is 71.1. The number of rotatable bonds is 16. The summed E-state index contributed by atoms with van der Waals surface area (Å²) in [6, 6.07) is -1.61. The van der Waals surface area contributed by atoms with Gasteiger partial charge in [0.1, 0.15) is 64.0 Å². The highest BCUT2D eigenvalue weighted by Crippen LogP contribution is 2.65. The van der Waals surface area contributed by atoms with Gasteiger partial charge in [0, 0.05) is 67.6 Å². The number of ketones is 4. The summed E-state index contributed by atoms with van der Waals surface area (Å²) in [4.78, 5) is 99.1. The van der Waals surface area contributed by atoms with E-state index in [0.717, 1.165) is 24.3 Å². The van der Waals surface area contributed by atoms with E-state index in [4.69, 9.17) is 47.4 Å². The predicted octanol–water partition coefficient (Wildman–Crippen LogP) is 0.747. The molecule has 0 spiro atoms. The second-order valence-electron chi connectivity index (χ2n) is 27.4. The Labute approximate surface area is 560 Å². The van der Waals surface area contributed by atoms with Crippen molar-refractivity contribution in [1.29, 1.82) is 0 Å². The van der Waals surface area contributed by atoms with E-state index in [1.807, 2.05) is 0 Å². The van der Waals surface area contributed by atoms with Crippen molar-refractivity contribution in [2.75, 3.05) is 42.4 Å². The van der Waals surface area contributed by atoms with E-state index in [0.29, 0.717) is 0 Å². The molecule has 23 atom stereocenters. The number of likely N-dealkylation sites (N-methyl/N-ethyl adjacent to an activating group) is 2. The van der Waals surface area contributed by atoms with E-state index < -0.39 is 275 Å². The van der Waals surface area contributed by atoms with Gasteiger partial charge in [-0.05, 0) is 93.0 Å². The van der Waals surface area contributed by atoms with Crippen LogP contribution in [0.1, 0.15) is 140 Å². The zero-order valence-electron chi connectivity index (χ0n) is 56.0. The van der Waals surface area contributed by atoms with Crippen LogP contribution in [-0.2, 0) is 52.2 Å². The van der Waals surface area contributed by atoms with Crippen LogP contribution >= 0.6 is 0 Å². The van der Waals surface area contributed by atoms with E-state index in [1.54, 1.807) is 51.8 Å². The van der Waals surface area contributed by atoms with E-state index in [-0.39, 0.29) is 31.3 Å². The van der Waals surface area contributed by atoms with Gasteiger partial charge in [-0.2, -0.15) is 4.79 Å². The number of aliphatic hydroxyl groups excluding tert-OH is 4.